The van der Waals surface area contributed by atoms with Gasteiger partial charge in [-0.25, -0.2) is 13.6 Å². The molecule has 2 heterocycles. The monoisotopic (exact) mass is 433 g/mol. The molecule has 1 fully saturated rings. The molecule has 11 heteroatoms. The number of nitrogens with one attached hydrogen (secondary N) is 1. The van der Waals surface area contributed by atoms with Gasteiger partial charge in [0.2, 0.25) is 10.0 Å². The third kappa shape index (κ3) is 4.65. The lowest BCUT2D eigenvalue weighted by Gasteiger charge is -2.31. The predicted octanol–water partition coefficient (Wildman–Crippen LogP) is 3.66. The molecule has 0 spiro atoms. The normalized spacial score (nSPS) is 15.5. The number of anilines is 2. The molecule has 0 unspecified atom stereocenters. The zero-order valence-corrected chi connectivity index (χ0v) is 16.3. The summed E-state index contributed by atoms with van der Waals surface area (Å²) in [7, 11) is -3.96. The largest absolute Gasteiger partial charge is 0.416 e. The fourth-order valence-corrected chi connectivity index (χ4v) is 4.59. The number of hydrogen-bond acceptors (Lipinski definition) is 5. The first-order valence-electron chi connectivity index (χ1n) is 8.44. The maximum absolute atomic E-state index is 13.1. The molecule has 0 radical (unpaired) electrons. The Morgan fingerprint density at radius 1 is 1.14 bits per heavy atom. The van der Waals surface area contributed by atoms with E-state index in [1.165, 1.54) is 11.4 Å². The van der Waals surface area contributed by atoms with Crippen molar-refractivity contribution in [1.82, 2.24) is 0 Å². The van der Waals surface area contributed by atoms with Gasteiger partial charge >= 0.3 is 6.18 Å². The number of benzene rings is 1. The molecule has 2 aromatic rings. The fourth-order valence-electron chi connectivity index (χ4n) is 3.00. The van der Waals surface area contributed by atoms with Crippen LogP contribution in [0.3, 0.4) is 0 Å². The summed E-state index contributed by atoms with van der Waals surface area (Å²) in [6.45, 7) is 1.37. The number of nitrogens with zero attached hydrogens (tertiary/aromatic N) is 1. The molecule has 1 aliphatic heterocycles. The van der Waals surface area contributed by atoms with Crippen LogP contribution in [0.4, 0.5) is 24.5 Å². The number of alkyl halides is 3. The number of rotatable bonds is 4. The number of amides is 1. The third-order valence-corrected chi connectivity index (χ3v) is 6.77. The lowest BCUT2D eigenvalue weighted by Crippen LogP contribution is -2.30. The lowest BCUT2D eigenvalue weighted by atomic mass is 10.1. The van der Waals surface area contributed by atoms with Crippen molar-refractivity contribution < 1.29 is 26.4 Å². The van der Waals surface area contributed by atoms with E-state index in [-0.39, 0.29) is 15.5 Å². The summed E-state index contributed by atoms with van der Waals surface area (Å²) in [6, 6.07) is 4.34. The van der Waals surface area contributed by atoms with E-state index in [0.717, 1.165) is 48.8 Å². The second-order valence-corrected chi connectivity index (χ2v) is 9.13. The highest BCUT2D eigenvalue weighted by atomic mass is 32.2. The van der Waals surface area contributed by atoms with Crippen molar-refractivity contribution in [2.24, 2.45) is 5.14 Å². The molecule has 28 heavy (non-hydrogen) atoms. The number of nitrogens with two attached hydrogens (primary N) is 1. The summed E-state index contributed by atoms with van der Waals surface area (Å²) in [4.78, 5) is 14.4. The van der Waals surface area contributed by atoms with Crippen molar-refractivity contribution in [3.8, 4) is 0 Å². The van der Waals surface area contributed by atoms with Gasteiger partial charge in [0.1, 0.15) is 4.21 Å². The van der Waals surface area contributed by atoms with Gasteiger partial charge in [-0.3, -0.25) is 4.79 Å². The first-order chi connectivity index (χ1) is 13.1. The SMILES string of the molecule is NS(=O)(=O)c1cc(C(=O)Nc2cc(C(F)(F)F)ccc2N2CCCCC2)cs1. The van der Waals surface area contributed by atoms with Crippen LogP contribution in [0.5, 0.6) is 0 Å². The number of carbonyl (C=O) groups excluding carboxylic acids is 1. The summed E-state index contributed by atoms with van der Waals surface area (Å²) < 4.78 is 61.9. The van der Waals surface area contributed by atoms with E-state index in [4.69, 9.17) is 5.14 Å². The van der Waals surface area contributed by atoms with Crippen LogP contribution in [0.2, 0.25) is 0 Å². The number of primary sulfonamides is 1. The molecule has 0 atom stereocenters. The molecule has 1 aromatic heterocycles. The van der Waals surface area contributed by atoms with Crippen LogP contribution in [-0.2, 0) is 16.2 Å². The van der Waals surface area contributed by atoms with Crippen molar-refractivity contribution in [3.05, 3.63) is 40.8 Å². The van der Waals surface area contributed by atoms with E-state index in [9.17, 15) is 26.4 Å². The second-order valence-electron chi connectivity index (χ2n) is 6.43. The predicted molar refractivity (Wildman–Crippen MR) is 101 cm³/mol. The van der Waals surface area contributed by atoms with Gasteiger partial charge in [0.25, 0.3) is 5.91 Å². The Bertz CT molecular complexity index is 981. The molecule has 6 nitrogen and oxygen atoms in total. The smallest absolute Gasteiger partial charge is 0.370 e. The molecule has 3 N–H and O–H groups in total. The van der Waals surface area contributed by atoms with E-state index in [1.54, 1.807) is 0 Å². The number of carbonyl (C=O) groups is 1. The van der Waals surface area contributed by atoms with E-state index < -0.39 is 27.7 Å². The minimum atomic E-state index is -4.55. The zero-order valence-electron chi connectivity index (χ0n) is 14.6. The van der Waals surface area contributed by atoms with Crippen molar-refractivity contribution in [2.75, 3.05) is 23.3 Å². The molecule has 152 valence electrons. The molecule has 0 bridgehead atoms. The van der Waals surface area contributed by atoms with Gasteiger partial charge in [0, 0.05) is 18.5 Å². The molecule has 1 aromatic carbocycles. The van der Waals surface area contributed by atoms with E-state index in [1.807, 2.05) is 4.90 Å². The van der Waals surface area contributed by atoms with Gasteiger partial charge in [0.15, 0.2) is 0 Å². The Hall–Kier alpha value is -2.11. The molecule has 0 aliphatic carbocycles. The molecular weight excluding hydrogens is 415 g/mol. The first kappa shape index (κ1) is 20.6. The third-order valence-electron chi connectivity index (χ3n) is 4.39. The van der Waals surface area contributed by atoms with E-state index in [0.29, 0.717) is 18.8 Å². The minimum Gasteiger partial charge on any atom is -0.370 e. The van der Waals surface area contributed by atoms with Gasteiger partial charge in [0.05, 0.1) is 22.5 Å². The van der Waals surface area contributed by atoms with Crippen molar-refractivity contribution in [3.63, 3.8) is 0 Å². The highest BCUT2D eigenvalue weighted by Crippen LogP contribution is 2.36. The Morgan fingerprint density at radius 3 is 2.39 bits per heavy atom. The Kier molecular flexibility index (Phi) is 5.69. The lowest BCUT2D eigenvalue weighted by molar-refractivity contribution is -0.137. The molecule has 1 saturated heterocycles. The highest BCUT2D eigenvalue weighted by Gasteiger charge is 2.32. The van der Waals surface area contributed by atoms with Crippen LogP contribution in [0.25, 0.3) is 0 Å². The molecular formula is C17H18F3N3O3S2. The van der Waals surface area contributed by atoms with Crippen LogP contribution in [0, 0.1) is 0 Å². The Labute approximate surface area is 164 Å². The highest BCUT2D eigenvalue weighted by molar-refractivity contribution is 7.91. The number of thiophene rings is 1. The van der Waals surface area contributed by atoms with Crippen LogP contribution in [0.1, 0.15) is 35.2 Å². The molecule has 1 aliphatic rings. The second kappa shape index (κ2) is 7.72. The van der Waals surface area contributed by atoms with Gasteiger partial charge < -0.3 is 10.2 Å². The topological polar surface area (TPSA) is 92.5 Å². The minimum absolute atomic E-state index is 0.0102. The van der Waals surface area contributed by atoms with Gasteiger partial charge in [-0.1, -0.05) is 0 Å². The maximum atomic E-state index is 13.1. The Morgan fingerprint density at radius 2 is 1.82 bits per heavy atom. The van der Waals surface area contributed by atoms with Gasteiger partial charge in [-0.05, 0) is 43.5 Å². The summed E-state index contributed by atoms with van der Waals surface area (Å²) in [5, 5.41) is 8.82. The maximum Gasteiger partial charge on any atom is 0.416 e. The summed E-state index contributed by atoms with van der Waals surface area (Å²) in [5.41, 5.74) is -0.330. The van der Waals surface area contributed by atoms with E-state index >= 15 is 0 Å². The van der Waals surface area contributed by atoms with E-state index in [2.05, 4.69) is 5.32 Å². The standard InChI is InChI=1S/C17H18F3N3O3S2/c18-17(19,20)12-4-5-14(23-6-2-1-3-7-23)13(9-12)22-16(24)11-8-15(27-10-11)28(21,25)26/h4-5,8-10H,1-3,6-7H2,(H,22,24)(H2,21,25,26). The molecule has 1 amide bonds. The number of halogens is 3. The van der Waals surface area contributed by atoms with Crippen LogP contribution in [-0.4, -0.2) is 27.4 Å². The van der Waals surface area contributed by atoms with Crippen molar-refractivity contribution in [1.29, 1.82) is 0 Å². The van der Waals surface area contributed by atoms with Gasteiger partial charge in [-0.2, -0.15) is 13.2 Å². The van der Waals surface area contributed by atoms with Crippen molar-refractivity contribution in [2.45, 2.75) is 29.6 Å². The Balaban J connectivity index is 1.93. The zero-order chi connectivity index (χ0) is 20.5. The molecule has 3 rings (SSSR count). The number of sulfonamides is 1. The quantitative estimate of drug-likeness (QED) is 0.770. The molecule has 0 saturated carbocycles. The van der Waals surface area contributed by atoms with Crippen LogP contribution < -0.4 is 15.4 Å². The van der Waals surface area contributed by atoms with Crippen molar-refractivity contribution >= 4 is 38.6 Å². The summed E-state index contributed by atoms with van der Waals surface area (Å²) in [6.07, 6.45) is -1.68. The average molecular weight is 433 g/mol. The number of piperidine rings is 1. The van der Waals surface area contributed by atoms with Crippen LogP contribution in [0.15, 0.2) is 33.9 Å². The summed E-state index contributed by atoms with van der Waals surface area (Å²) >= 11 is 0.771. The first-order valence-corrected chi connectivity index (χ1v) is 10.9. The van der Waals surface area contributed by atoms with Crippen LogP contribution >= 0.6 is 11.3 Å². The van der Waals surface area contributed by atoms with Gasteiger partial charge in [-0.15, -0.1) is 11.3 Å². The fraction of sp³-hybridized carbons (Fsp3) is 0.353. The summed E-state index contributed by atoms with van der Waals surface area (Å²) in [5.74, 6) is -0.705. The average Bonchev–Trinajstić information content (AvgIpc) is 3.12. The number of hydrogen-bond donors (Lipinski definition) is 2.